The van der Waals surface area contributed by atoms with Gasteiger partial charge in [0.2, 0.25) is 0 Å². The minimum atomic E-state index is 0.438. The lowest BCUT2D eigenvalue weighted by atomic mass is 10.0. The fourth-order valence-corrected chi connectivity index (χ4v) is 2.12. The number of nitrogens with zero attached hydrogens (tertiary/aromatic N) is 2. The maximum absolute atomic E-state index is 4.41. The van der Waals surface area contributed by atoms with Crippen molar-refractivity contribution in [3.63, 3.8) is 0 Å². The summed E-state index contributed by atoms with van der Waals surface area (Å²) in [5, 5.41) is 0. The molecule has 0 atom stereocenters. The van der Waals surface area contributed by atoms with Crippen LogP contribution in [-0.2, 0) is 0 Å². The SMILES string of the molecule is CC(C)c1ncc(C2CCCC2)cn1. The summed E-state index contributed by atoms with van der Waals surface area (Å²) >= 11 is 0. The van der Waals surface area contributed by atoms with E-state index in [1.807, 2.05) is 12.4 Å². The summed E-state index contributed by atoms with van der Waals surface area (Å²) < 4.78 is 0. The van der Waals surface area contributed by atoms with Crippen LogP contribution in [-0.4, -0.2) is 9.97 Å². The fraction of sp³-hybridized carbons (Fsp3) is 0.667. The molecule has 0 bridgehead atoms. The zero-order chi connectivity index (χ0) is 9.97. The Morgan fingerprint density at radius 3 is 2.21 bits per heavy atom. The summed E-state index contributed by atoms with van der Waals surface area (Å²) in [4.78, 5) is 8.82. The Bertz CT molecular complexity index is 284. The van der Waals surface area contributed by atoms with Gasteiger partial charge in [-0.25, -0.2) is 9.97 Å². The van der Waals surface area contributed by atoms with E-state index in [4.69, 9.17) is 0 Å². The van der Waals surface area contributed by atoms with Gasteiger partial charge >= 0.3 is 0 Å². The largest absolute Gasteiger partial charge is 0.241 e. The van der Waals surface area contributed by atoms with Gasteiger partial charge in [-0.05, 0) is 24.3 Å². The van der Waals surface area contributed by atoms with Crippen molar-refractivity contribution in [1.29, 1.82) is 0 Å². The predicted molar refractivity (Wildman–Crippen MR) is 57.3 cm³/mol. The first-order valence-electron chi connectivity index (χ1n) is 5.59. The molecule has 1 aromatic rings. The van der Waals surface area contributed by atoms with Gasteiger partial charge in [-0.3, -0.25) is 0 Å². The van der Waals surface area contributed by atoms with Crippen molar-refractivity contribution in [3.8, 4) is 0 Å². The highest BCUT2D eigenvalue weighted by molar-refractivity contribution is 5.13. The summed E-state index contributed by atoms with van der Waals surface area (Å²) in [7, 11) is 0. The molecule has 2 nitrogen and oxygen atoms in total. The van der Waals surface area contributed by atoms with Gasteiger partial charge in [0, 0.05) is 18.3 Å². The van der Waals surface area contributed by atoms with E-state index in [0.717, 1.165) is 11.7 Å². The highest BCUT2D eigenvalue weighted by atomic mass is 14.9. The highest BCUT2D eigenvalue weighted by Gasteiger charge is 2.17. The molecule has 1 aromatic heterocycles. The molecule has 0 aliphatic heterocycles. The van der Waals surface area contributed by atoms with Crippen LogP contribution in [0, 0.1) is 0 Å². The van der Waals surface area contributed by atoms with Crippen molar-refractivity contribution >= 4 is 0 Å². The summed E-state index contributed by atoms with van der Waals surface area (Å²) in [6.45, 7) is 4.26. The first-order valence-corrected chi connectivity index (χ1v) is 5.59. The van der Waals surface area contributed by atoms with Crippen LogP contribution in [0.5, 0.6) is 0 Å². The highest BCUT2D eigenvalue weighted by Crippen LogP contribution is 2.33. The molecule has 76 valence electrons. The molecule has 1 fully saturated rings. The molecule has 2 heteroatoms. The third-order valence-electron chi connectivity index (χ3n) is 3.03. The molecule has 14 heavy (non-hydrogen) atoms. The quantitative estimate of drug-likeness (QED) is 0.715. The van der Waals surface area contributed by atoms with Crippen LogP contribution < -0.4 is 0 Å². The molecule has 2 rings (SSSR count). The molecule has 0 radical (unpaired) electrons. The predicted octanol–water partition coefficient (Wildman–Crippen LogP) is 3.26. The van der Waals surface area contributed by atoms with Crippen LogP contribution >= 0.6 is 0 Å². The molecular weight excluding hydrogens is 172 g/mol. The van der Waals surface area contributed by atoms with Crippen LogP contribution in [0.1, 0.15) is 62.8 Å². The second-order valence-electron chi connectivity index (χ2n) is 4.51. The van der Waals surface area contributed by atoms with Crippen molar-refractivity contribution in [2.24, 2.45) is 0 Å². The van der Waals surface area contributed by atoms with Crippen LogP contribution in [0.25, 0.3) is 0 Å². The summed E-state index contributed by atoms with van der Waals surface area (Å²) in [6, 6.07) is 0. The summed E-state index contributed by atoms with van der Waals surface area (Å²) in [5.41, 5.74) is 1.34. The molecule has 0 saturated heterocycles. The number of rotatable bonds is 2. The Kier molecular flexibility index (Phi) is 2.80. The van der Waals surface area contributed by atoms with Crippen molar-refractivity contribution in [1.82, 2.24) is 9.97 Å². The molecule has 0 unspecified atom stereocenters. The molecule has 1 saturated carbocycles. The van der Waals surface area contributed by atoms with E-state index in [9.17, 15) is 0 Å². The third kappa shape index (κ3) is 1.94. The van der Waals surface area contributed by atoms with E-state index in [0.29, 0.717) is 5.92 Å². The first-order chi connectivity index (χ1) is 6.77. The normalized spacial score (nSPS) is 17.9. The summed E-state index contributed by atoms with van der Waals surface area (Å²) in [5.74, 6) is 2.13. The molecule has 0 N–H and O–H groups in total. The monoisotopic (exact) mass is 190 g/mol. The average molecular weight is 190 g/mol. The van der Waals surface area contributed by atoms with Crippen molar-refractivity contribution in [2.75, 3.05) is 0 Å². The molecule has 1 heterocycles. The van der Waals surface area contributed by atoms with E-state index >= 15 is 0 Å². The van der Waals surface area contributed by atoms with Gasteiger partial charge in [-0.15, -0.1) is 0 Å². The van der Waals surface area contributed by atoms with Crippen molar-refractivity contribution < 1.29 is 0 Å². The van der Waals surface area contributed by atoms with E-state index in [1.54, 1.807) is 0 Å². The number of hydrogen-bond acceptors (Lipinski definition) is 2. The maximum Gasteiger partial charge on any atom is 0.130 e. The molecule has 0 spiro atoms. The average Bonchev–Trinajstić information content (AvgIpc) is 2.71. The maximum atomic E-state index is 4.41. The Morgan fingerprint density at radius 2 is 1.71 bits per heavy atom. The van der Waals surface area contributed by atoms with Gasteiger partial charge in [0.15, 0.2) is 0 Å². The Hall–Kier alpha value is -0.920. The Morgan fingerprint density at radius 1 is 1.14 bits per heavy atom. The van der Waals surface area contributed by atoms with Gasteiger partial charge in [0.1, 0.15) is 5.82 Å². The fourth-order valence-electron chi connectivity index (χ4n) is 2.12. The molecule has 0 amide bonds. The topological polar surface area (TPSA) is 25.8 Å². The van der Waals surface area contributed by atoms with Crippen LogP contribution in [0.15, 0.2) is 12.4 Å². The zero-order valence-corrected chi connectivity index (χ0v) is 9.03. The molecular formula is C12H18N2. The lowest BCUT2D eigenvalue weighted by Crippen LogP contribution is -2.00. The van der Waals surface area contributed by atoms with E-state index in [1.165, 1.54) is 31.2 Å². The Labute approximate surface area is 85.8 Å². The lowest BCUT2D eigenvalue weighted by molar-refractivity contribution is 0.698. The van der Waals surface area contributed by atoms with Gasteiger partial charge < -0.3 is 0 Å². The standard InChI is InChI=1S/C12H18N2/c1-9(2)12-13-7-11(8-14-12)10-5-3-4-6-10/h7-10H,3-6H2,1-2H3. The number of hydrogen-bond donors (Lipinski definition) is 0. The van der Waals surface area contributed by atoms with Crippen molar-refractivity contribution in [2.45, 2.75) is 51.4 Å². The second-order valence-corrected chi connectivity index (χ2v) is 4.51. The Balaban J connectivity index is 2.12. The minimum Gasteiger partial charge on any atom is -0.241 e. The van der Waals surface area contributed by atoms with Crippen molar-refractivity contribution in [3.05, 3.63) is 23.8 Å². The smallest absolute Gasteiger partial charge is 0.130 e. The van der Waals surface area contributed by atoms with Gasteiger partial charge in [0.05, 0.1) is 0 Å². The van der Waals surface area contributed by atoms with Gasteiger partial charge in [-0.2, -0.15) is 0 Å². The first kappa shape index (κ1) is 9.63. The molecule has 1 aliphatic rings. The van der Waals surface area contributed by atoms with E-state index in [2.05, 4.69) is 23.8 Å². The van der Waals surface area contributed by atoms with E-state index < -0.39 is 0 Å². The third-order valence-corrected chi connectivity index (χ3v) is 3.03. The summed E-state index contributed by atoms with van der Waals surface area (Å²) in [6.07, 6.45) is 9.44. The molecule has 1 aliphatic carbocycles. The van der Waals surface area contributed by atoms with Crippen LogP contribution in [0.3, 0.4) is 0 Å². The second kappa shape index (κ2) is 4.07. The lowest BCUT2D eigenvalue weighted by Gasteiger charge is -2.09. The zero-order valence-electron chi connectivity index (χ0n) is 9.03. The van der Waals surface area contributed by atoms with Gasteiger partial charge in [0.25, 0.3) is 0 Å². The van der Waals surface area contributed by atoms with Crippen LogP contribution in [0.4, 0.5) is 0 Å². The number of aromatic nitrogens is 2. The molecule has 0 aromatic carbocycles. The van der Waals surface area contributed by atoms with Crippen LogP contribution in [0.2, 0.25) is 0 Å². The minimum absolute atomic E-state index is 0.438. The van der Waals surface area contributed by atoms with Gasteiger partial charge in [-0.1, -0.05) is 26.7 Å². The van der Waals surface area contributed by atoms with E-state index in [-0.39, 0.29) is 0 Å².